The maximum atomic E-state index is 12.6. The first-order valence-electron chi connectivity index (χ1n) is 8.54. The van der Waals surface area contributed by atoms with Crippen LogP contribution in [0.25, 0.3) is 43.3 Å². The molecule has 0 saturated carbocycles. The maximum Gasteiger partial charge on any atom is 0.344 e. The molecule has 26 heavy (non-hydrogen) atoms. The van der Waals surface area contributed by atoms with Gasteiger partial charge in [-0.3, -0.25) is 0 Å². The monoisotopic (exact) mass is 340 g/mol. The lowest BCUT2D eigenvalue weighted by atomic mass is 9.96. The molecule has 0 fully saturated rings. The second-order valence-corrected chi connectivity index (χ2v) is 6.95. The quantitative estimate of drug-likeness (QED) is 0.228. The molecule has 0 aliphatic carbocycles. The first-order valence-corrected chi connectivity index (χ1v) is 8.54. The Balaban J connectivity index is 2.04. The van der Waals surface area contributed by atoms with Gasteiger partial charge in [0, 0.05) is 16.2 Å². The topological polar surface area (TPSA) is 50.4 Å². The third-order valence-corrected chi connectivity index (χ3v) is 5.07. The zero-order valence-electron chi connectivity index (χ0n) is 14.5. The number of fused-ring (bicyclic) bond motifs is 6. The second kappa shape index (κ2) is 5.09. The summed E-state index contributed by atoms with van der Waals surface area (Å²) < 4.78 is 5.55. The van der Waals surface area contributed by atoms with Crippen LogP contribution in [0.1, 0.15) is 11.1 Å². The summed E-state index contributed by atoms with van der Waals surface area (Å²) in [6.07, 6.45) is 0. The Labute approximate surface area is 149 Å². The molecule has 0 bridgehead atoms. The fourth-order valence-corrected chi connectivity index (χ4v) is 3.79. The first-order chi connectivity index (χ1) is 12.5. The number of benzene rings is 4. The van der Waals surface area contributed by atoms with Crippen molar-refractivity contribution < 1.29 is 9.52 Å². The second-order valence-electron chi connectivity index (χ2n) is 6.95. The Morgan fingerprint density at radius 1 is 0.692 bits per heavy atom. The van der Waals surface area contributed by atoms with Gasteiger partial charge in [-0.15, -0.1) is 0 Å². The minimum absolute atomic E-state index is 0.216. The van der Waals surface area contributed by atoms with Crippen molar-refractivity contribution in [1.82, 2.24) is 0 Å². The van der Waals surface area contributed by atoms with E-state index in [1.807, 2.05) is 62.4 Å². The van der Waals surface area contributed by atoms with Crippen LogP contribution in [-0.2, 0) is 0 Å². The summed E-state index contributed by atoms with van der Waals surface area (Å²) in [6, 6.07) is 17.4. The minimum atomic E-state index is -0.358. The average molecular weight is 340 g/mol. The van der Waals surface area contributed by atoms with E-state index in [4.69, 9.17) is 4.42 Å². The summed E-state index contributed by atoms with van der Waals surface area (Å²) in [7, 11) is 0. The molecule has 0 radical (unpaired) electrons. The molecular weight excluding hydrogens is 324 g/mol. The fraction of sp³-hybridized carbons (Fsp3) is 0.0870. The largest absolute Gasteiger partial charge is 0.507 e. The molecular formula is C23H16O3. The molecule has 5 aromatic rings. The molecule has 126 valence electrons. The van der Waals surface area contributed by atoms with Gasteiger partial charge in [0.15, 0.2) is 0 Å². The highest BCUT2D eigenvalue weighted by molar-refractivity contribution is 6.17. The highest BCUT2D eigenvalue weighted by atomic mass is 16.4. The Morgan fingerprint density at radius 3 is 2.15 bits per heavy atom. The van der Waals surface area contributed by atoms with Crippen LogP contribution in [0, 0.1) is 13.8 Å². The summed E-state index contributed by atoms with van der Waals surface area (Å²) in [5, 5.41) is 16.4. The van der Waals surface area contributed by atoms with Gasteiger partial charge in [-0.1, -0.05) is 35.9 Å². The molecule has 4 aromatic carbocycles. The lowest BCUT2D eigenvalue weighted by molar-refractivity contribution is 0.482. The zero-order valence-corrected chi connectivity index (χ0v) is 14.5. The van der Waals surface area contributed by atoms with Crippen molar-refractivity contribution in [2.75, 3.05) is 0 Å². The van der Waals surface area contributed by atoms with Crippen molar-refractivity contribution in [3.8, 4) is 5.75 Å². The lowest BCUT2D eigenvalue weighted by Crippen LogP contribution is -2.00. The number of aryl methyl sites for hydroxylation is 2. The molecule has 0 aliphatic rings. The number of rotatable bonds is 0. The molecule has 5 rings (SSSR count). The molecule has 0 saturated heterocycles. The fourth-order valence-electron chi connectivity index (χ4n) is 3.79. The van der Waals surface area contributed by atoms with E-state index < -0.39 is 0 Å². The van der Waals surface area contributed by atoms with Crippen molar-refractivity contribution in [2.45, 2.75) is 13.8 Å². The van der Waals surface area contributed by atoms with E-state index in [0.717, 1.165) is 43.4 Å². The van der Waals surface area contributed by atoms with Gasteiger partial charge < -0.3 is 9.52 Å². The van der Waals surface area contributed by atoms with Crippen LogP contribution in [0.3, 0.4) is 0 Å². The number of hydrogen-bond acceptors (Lipinski definition) is 3. The highest BCUT2D eigenvalue weighted by Crippen LogP contribution is 2.37. The van der Waals surface area contributed by atoms with Crippen LogP contribution in [0.15, 0.2) is 63.8 Å². The van der Waals surface area contributed by atoms with E-state index in [9.17, 15) is 9.90 Å². The van der Waals surface area contributed by atoms with Gasteiger partial charge in [0.1, 0.15) is 11.3 Å². The minimum Gasteiger partial charge on any atom is -0.507 e. The Kier molecular flexibility index (Phi) is 2.93. The normalized spacial score (nSPS) is 11.8. The number of aromatic hydroxyl groups is 1. The molecule has 0 spiro atoms. The van der Waals surface area contributed by atoms with Crippen LogP contribution >= 0.6 is 0 Å². The first kappa shape index (κ1) is 15.0. The molecule has 1 aromatic heterocycles. The van der Waals surface area contributed by atoms with E-state index >= 15 is 0 Å². The van der Waals surface area contributed by atoms with E-state index in [0.29, 0.717) is 11.0 Å². The van der Waals surface area contributed by atoms with Gasteiger partial charge in [0.05, 0.1) is 5.39 Å². The van der Waals surface area contributed by atoms with Crippen LogP contribution in [0.4, 0.5) is 0 Å². The van der Waals surface area contributed by atoms with Crippen molar-refractivity contribution >= 4 is 43.3 Å². The van der Waals surface area contributed by atoms with Crippen molar-refractivity contribution in [3.05, 3.63) is 76.1 Å². The number of phenolic OH excluding ortho intramolecular Hbond substituents is 1. The average Bonchev–Trinajstić information content (AvgIpc) is 2.60. The molecule has 1 heterocycles. The van der Waals surface area contributed by atoms with E-state index in [2.05, 4.69) is 0 Å². The Morgan fingerprint density at radius 2 is 1.35 bits per heavy atom. The summed E-state index contributed by atoms with van der Waals surface area (Å²) >= 11 is 0. The van der Waals surface area contributed by atoms with Gasteiger partial charge >= 0.3 is 5.63 Å². The third-order valence-electron chi connectivity index (χ3n) is 5.07. The third kappa shape index (κ3) is 2.04. The maximum absolute atomic E-state index is 12.6. The Hall–Kier alpha value is -3.33. The molecule has 0 aliphatic heterocycles. The molecule has 3 heteroatoms. The van der Waals surface area contributed by atoms with E-state index in [-0.39, 0.29) is 11.4 Å². The molecule has 3 nitrogen and oxygen atoms in total. The standard InChI is InChI=1S/C23H16O3/c1-12-3-5-15-14(7-12)9-21(24)19-10-18-16-6-4-13(2)8-22(16)26-23(25)20(18)11-17(15)19/h3-11,24H,1-2H3. The van der Waals surface area contributed by atoms with E-state index in [1.165, 1.54) is 0 Å². The lowest BCUT2D eigenvalue weighted by Gasteiger charge is -2.10. The SMILES string of the molecule is Cc1ccc2c(c1)cc(O)c1cc3c(cc12)c(=O)oc1cc(C)ccc13. The van der Waals surface area contributed by atoms with Crippen molar-refractivity contribution in [2.24, 2.45) is 0 Å². The van der Waals surface area contributed by atoms with Gasteiger partial charge in [-0.05, 0) is 59.8 Å². The van der Waals surface area contributed by atoms with Gasteiger partial charge in [0.25, 0.3) is 0 Å². The van der Waals surface area contributed by atoms with Crippen LogP contribution in [0.5, 0.6) is 5.75 Å². The van der Waals surface area contributed by atoms with Crippen LogP contribution in [-0.4, -0.2) is 5.11 Å². The van der Waals surface area contributed by atoms with Gasteiger partial charge in [-0.2, -0.15) is 0 Å². The zero-order chi connectivity index (χ0) is 18.0. The summed E-state index contributed by atoms with van der Waals surface area (Å²) in [6.45, 7) is 3.98. The van der Waals surface area contributed by atoms with Crippen molar-refractivity contribution in [1.29, 1.82) is 0 Å². The molecule has 0 atom stereocenters. The van der Waals surface area contributed by atoms with E-state index in [1.54, 1.807) is 6.07 Å². The summed E-state index contributed by atoms with van der Waals surface area (Å²) in [5.41, 5.74) is 2.37. The van der Waals surface area contributed by atoms with Crippen LogP contribution in [0.2, 0.25) is 0 Å². The molecule has 0 amide bonds. The van der Waals surface area contributed by atoms with Gasteiger partial charge in [0.2, 0.25) is 0 Å². The van der Waals surface area contributed by atoms with Crippen LogP contribution < -0.4 is 5.63 Å². The number of phenols is 1. The van der Waals surface area contributed by atoms with Gasteiger partial charge in [-0.25, -0.2) is 4.79 Å². The summed E-state index contributed by atoms with van der Waals surface area (Å²) in [5.74, 6) is 0.216. The smallest absolute Gasteiger partial charge is 0.344 e. The Bertz CT molecular complexity index is 1420. The number of hydrogen-bond donors (Lipinski definition) is 1. The summed E-state index contributed by atoms with van der Waals surface area (Å²) in [4.78, 5) is 12.6. The predicted molar refractivity (Wildman–Crippen MR) is 106 cm³/mol. The predicted octanol–water partition coefficient (Wildman–Crippen LogP) is 5.58. The highest BCUT2D eigenvalue weighted by Gasteiger charge is 2.13. The molecule has 1 N–H and O–H groups in total. The molecule has 0 unspecified atom stereocenters. The van der Waals surface area contributed by atoms with Crippen molar-refractivity contribution in [3.63, 3.8) is 0 Å².